The highest BCUT2D eigenvalue weighted by molar-refractivity contribution is 6.01. The number of aromatic nitrogens is 1. The number of pyridine rings is 1. The Kier molecular flexibility index (Phi) is 6.63. The standard InChI is InChI=1S/C26H34FN3O2/c1-17-4-3-11-30(17)16-20-6-5-19(14-23(20)27)21-13-22(25(28)29-15-21)24(31)12-18-7-9-26(2,32)10-8-18/h5-6,13-15,17-18,32H,3-4,7-12,16H2,1-2H3,(H2,28,29)/t17-,18?,26?/m1/s1. The number of hydrogen-bond acceptors (Lipinski definition) is 5. The molecule has 6 heteroatoms. The monoisotopic (exact) mass is 439 g/mol. The van der Waals surface area contributed by atoms with Crippen molar-refractivity contribution in [3.8, 4) is 11.1 Å². The molecule has 5 nitrogen and oxygen atoms in total. The van der Waals surface area contributed by atoms with Gasteiger partial charge in [0.2, 0.25) is 0 Å². The van der Waals surface area contributed by atoms with E-state index in [0.29, 0.717) is 54.1 Å². The number of carbonyl (C=O) groups is 1. The second-order valence-electron chi connectivity index (χ2n) is 9.99. The van der Waals surface area contributed by atoms with E-state index in [2.05, 4.69) is 16.8 Å². The number of hydrogen-bond donors (Lipinski definition) is 2. The van der Waals surface area contributed by atoms with Crippen molar-refractivity contribution in [1.29, 1.82) is 0 Å². The molecule has 3 N–H and O–H groups in total. The van der Waals surface area contributed by atoms with Gasteiger partial charge in [0.05, 0.1) is 11.2 Å². The maximum atomic E-state index is 14.9. The molecule has 0 amide bonds. The number of rotatable bonds is 6. The Bertz CT molecular complexity index is 981. The predicted octanol–water partition coefficient (Wildman–Crippen LogP) is 4.97. The highest BCUT2D eigenvalue weighted by Crippen LogP contribution is 2.35. The fraction of sp³-hybridized carbons (Fsp3) is 0.538. The van der Waals surface area contributed by atoms with E-state index in [4.69, 9.17) is 5.73 Å². The molecule has 1 saturated carbocycles. The molecule has 1 aliphatic heterocycles. The average Bonchev–Trinajstić information content (AvgIpc) is 3.16. The molecule has 0 spiro atoms. The molecular weight excluding hydrogens is 405 g/mol. The number of ketones is 1. The molecule has 0 bridgehead atoms. The normalized spacial score (nSPS) is 26.4. The smallest absolute Gasteiger partial charge is 0.166 e. The van der Waals surface area contributed by atoms with Gasteiger partial charge < -0.3 is 10.8 Å². The van der Waals surface area contributed by atoms with Crippen molar-refractivity contribution in [3.05, 3.63) is 47.4 Å². The highest BCUT2D eigenvalue weighted by Gasteiger charge is 2.30. The fourth-order valence-electron chi connectivity index (χ4n) is 5.03. The molecule has 2 heterocycles. The van der Waals surface area contributed by atoms with Crippen molar-refractivity contribution in [1.82, 2.24) is 9.88 Å². The van der Waals surface area contributed by atoms with E-state index >= 15 is 0 Å². The topological polar surface area (TPSA) is 79.5 Å². The zero-order valence-electron chi connectivity index (χ0n) is 19.1. The second kappa shape index (κ2) is 9.28. The minimum absolute atomic E-state index is 0.0384. The quantitative estimate of drug-likeness (QED) is 0.622. The van der Waals surface area contributed by atoms with E-state index < -0.39 is 5.60 Å². The van der Waals surface area contributed by atoms with Crippen molar-refractivity contribution >= 4 is 11.6 Å². The number of nitrogens with zero attached hydrogens (tertiary/aromatic N) is 2. The summed E-state index contributed by atoms with van der Waals surface area (Å²) in [4.78, 5) is 19.5. The van der Waals surface area contributed by atoms with Crippen molar-refractivity contribution < 1.29 is 14.3 Å². The second-order valence-corrected chi connectivity index (χ2v) is 9.99. The van der Waals surface area contributed by atoms with Crippen LogP contribution in [0.4, 0.5) is 10.2 Å². The zero-order chi connectivity index (χ0) is 22.9. The lowest BCUT2D eigenvalue weighted by molar-refractivity contribution is 0.00722. The van der Waals surface area contributed by atoms with Gasteiger partial charge in [-0.2, -0.15) is 0 Å². The van der Waals surface area contributed by atoms with E-state index in [-0.39, 0.29) is 23.3 Å². The summed E-state index contributed by atoms with van der Waals surface area (Å²) < 4.78 is 14.9. The Morgan fingerprint density at radius 1 is 1.25 bits per heavy atom. The zero-order valence-corrected chi connectivity index (χ0v) is 19.1. The summed E-state index contributed by atoms with van der Waals surface area (Å²) in [5.41, 5.74) is 7.87. The van der Waals surface area contributed by atoms with Gasteiger partial charge >= 0.3 is 0 Å². The minimum Gasteiger partial charge on any atom is -0.390 e. The van der Waals surface area contributed by atoms with Gasteiger partial charge in [-0.25, -0.2) is 9.37 Å². The van der Waals surface area contributed by atoms with E-state index in [1.165, 1.54) is 6.07 Å². The number of likely N-dealkylation sites (tertiary alicyclic amines) is 1. The van der Waals surface area contributed by atoms with Gasteiger partial charge in [-0.05, 0) is 82.5 Å². The van der Waals surface area contributed by atoms with Crippen LogP contribution in [0.25, 0.3) is 11.1 Å². The number of halogens is 1. The molecule has 2 aromatic rings. The van der Waals surface area contributed by atoms with Gasteiger partial charge in [0.25, 0.3) is 0 Å². The maximum Gasteiger partial charge on any atom is 0.166 e. The molecule has 0 unspecified atom stereocenters. The summed E-state index contributed by atoms with van der Waals surface area (Å²) in [6.07, 6.45) is 7.39. The summed E-state index contributed by atoms with van der Waals surface area (Å²) in [5, 5.41) is 10.1. The van der Waals surface area contributed by atoms with E-state index in [0.717, 1.165) is 32.2 Å². The Morgan fingerprint density at radius 3 is 2.66 bits per heavy atom. The van der Waals surface area contributed by atoms with Gasteiger partial charge in [0.15, 0.2) is 5.78 Å². The molecule has 0 radical (unpaired) electrons. The van der Waals surface area contributed by atoms with Crippen molar-refractivity contribution in [2.24, 2.45) is 5.92 Å². The summed E-state index contributed by atoms with van der Waals surface area (Å²) in [7, 11) is 0. The first kappa shape index (κ1) is 22.9. The first-order valence-electron chi connectivity index (χ1n) is 11.8. The van der Waals surface area contributed by atoms with Crippen LogP contribution in [-0.2, 0) is 6.54 Å². The fourth-order valence-corrected chi connectivity index (χ4v) is 5.03. The minimum atomic E-state index is -0.622. The molecule has 2 aliphatic rings. The number of anilines is 1. The van der Waals surface area contributed by atoms with Crippen LogP contribution in [0.2, 0.25) is 0 Å². The molecule has 1 atom stereocenters. The number of Topliss-reactive ketones (excluding diaryl/α,β-unsaturated/α-hetero) is 1. The van der Waals surface area contributed by atoms with Gasteiger partial charge in [0.1, 0.15) is 11.6 Å². The molecular formula is C26H34FN3O2. The Balaban J connectivity index is 1.48. The molecule has 1 aromatic carbocycles. The van der Waals surface area contributed by atoms with Crippen LogP contribution in [0.15, 0.2) is 30.5 Å². The first-order valence-corrected chi connectivity index (χ1v) is 11.8. The number of carbonyl (C=O) groups excluding carboxylic acids is 1. The van der Waals surface area contributed by atoms with Crippen LogP contribution >= 0.6 is 0 Å². The van der Waals surface area contributed by atoms with Crippen molar-refractivity contribution in [2.45, 2.75) is 77.0 Å². The highest BCUT2D eigenvalue weighted by atomic mass is 19.1. The SMILES string of the molecule is C[C@@H]1CCCN1Cc1ccc(-c2cnc(N)c(C(=O)CC3CCC(C)(O)CC3)c2)cc1F. The lowest BCUT2D eigenvalue weighted by atomic mass is 9.77. The summed E-state index contributed by atoms with van der Waals surface area (Å²) in [6, 6.07) is 7.48. The average molecular weight is 440 g/mol. The van der Waals surface area contributed by atoms with Crippen molar-refractivity contribution in [3.63, 3.8) is 0 Å². The van der Waals surface area contributed by atoms with Gasteiger partial charge in [-0.15, -0.1) is 0 Å². The summed E-state index contributed by atoms with van der Waals surface area (Å²) >= 11 is 0. The molecule has 32 heavy (non-hydrogen) atoms. The number of benzene rings is 1. The third-order valence-corrected chi connectivity index (χ3v) is 7.33. The summed E-state index contributed by atoms with van der Waals surface area (Å²) in [6.45, 7) is 5.67. The van der Waals surface area contributed by atoms with E-state index in [1.807, 2.05) is 19.1 Å². The largest absolute Gasteiger partial charge is 0.390 e. The van der Waals surface area contributed by atoms with E-state index in [1.54, 1.807) is 12.3 Å². The number of nitrogens with two attached hydrogens (primary N) is 1. The van der Waals surface area contributed by atoms with Gasteiger partial charge in [-0.1, -0.05) is 12.1 Å². The van der Waals surface area contributed by atoms with Crippen LogP contribution in [0, 0.1) is 11.7 Å². The number of nitrogen functional groups attached to an aromatic ring is 1. The lowest BCUT2D eigenvalue weighted by Crippen LogP contribution is -2.31. The molecule has 1 saturated heterocycles. The van der Waals surface area contributed by atoms with Crippen molar-refractivity contribution in [2.75, 3.05) is 12.3 Å². The number of aliphatic hydroxyl groups is 1. The van der Waals surface area contributed by atoms with Gasteiger partial charge in [-0.3, -0.25) is 9.69 Å². The molecule has 4 rings (SSSR count). The lowest BCUT2D eigenvalue weighted by Gasteiger charge is -2.32. The third kappa shape index (κ3) is 5.18. The Labute approximate surface area is 189 Å². The van der Waals surface area contributed by atoms with Crippen LogP contribution in [0.5, 0.6) is 0 Å². The van der Waals surface area contributed by atoms with E-state index in [9.17, 15) is 14.3 Å². The van der Waals surface area contributed by atoms with Crippen LogP contribution in [-0.4, -0.2) is 39.0 Å². The van der Waals surface area contributed by atoms with Crippen LogP contribution < -0.4 is 5.73 Å². The van der Waals surface area contributed by atoms with Gasteiger partial charge in [0, 0.05) is 36.3 Å². The third-order valence-electron chi connectivity index (χ3n) is 7.33. The molecule has 2 fully saturated rings. The van der Waals surface area contributed by atoms with Crippen LogP contribution in [0.3, 0.4) is 0 Å². The molecule has 1 aromatic heterocycles. The van der Waals surface area contributed by atoms with Crippen LogP contribution in [0.1, 0.15) is 74.7 Å². The molecule has 1 aliphatic carbocycles. The predicted molar refractivity (Wildman–Crippen MR) is 125 cm³/mol. The first-order chi connectivity index (χ1) is 15.2. The maximum absolute atomic E-state index is 14.9. The molecule has 172 valence electrons. The summed E-state index contributed by atoms with van der Waals surface area (Å²) in [5.74, 6) is 0.182. The Hall–Kier alpha value is -2.31. The Morgan fingerprint density at radius 2 is 2.00 bits per heavy atom.